The summed E-state index contributed by atoms with van der Waals surface area (Å²) in [6.07, 6.45) is 2.00. The fraction of sp³-hybridized carbons (Fsp3) is 0.156. The number of imidazole rings is 1. The first-order chi connectivity index (χ1) is 16.5. The molecule has 0 amide bonds. The maximum Gasteiger partial charge on any atom is 0.100 e. The van der Waals surface area contributed by atoms with E-state index in [9.17, 15) is 0 Å². The summed E-state index contributed by atoms with van der Waals surface area (Å²) in [7, 11) is 0. The minimum atomic E-state index is 1.06. The topological polar surface area (TPSA) is 17.8 Å². The summed E-state index contributed by atoms with van der Waals surface area (Å²) in [6, 6.07) is 26.5. The predicted molar refractivity (Wildman–Crippen MR) is 145 cm³/mol. The molecule has 0 saturated heterocycles. The van der Waals surface area contributed by atoms with Gasteiger partial charge in [0.15, 0.2) is 0 Å². The Balaban J connectivity index is 1.81. The van der Waals surface area contributed by atoms with Gasteiger partial charge in [-0.2, -0.15) is 0 Å². The number of para-hydroxylation sites is 1. The maximum absolute atomic E-state index is 5.01. The summed E-state index contributed by atoms with van der Waals surface area (Å²) in [5, 5.41) is 5.00. The van der Waals surface area contributed by atoms with E-state index in [0.717, 1.165) is 5.52 Å². The Morgan fingerprint density at radius 2 is 1.24 bits per heavy atom. The lowest BCUT2D eigenvalue weighted by Crippen LogP contribution is -1.99. The van der Waals surface area contributed by atoms with Crippen LogP contribution in [0, 0.1) is 34.6 Å². The van der Waals surface area contributed by atoms with Gasteiger partial charge in [-0.25, -0.2) is 4.98 Å². The number of benzene rings is 5. The third-order valence-corrected chi connectivity index (χ3v) is 7.17. The summed E-state index contributed by atoms with van der Waals surface area (Å²) in [5.74, 6) is 0. The number of nitrogens with zero attached hydrogens (tertiary/aromatic N) is 2. The van der Waals surface area contributed by atoms with Gasteiger partial charge in [-0.15, -0.1) is 0 Å². The number of hydrogen-bond acceptors (Lipinski definition) is 1. The lowest BCUT2D eigenvalue weighted by atomic mass is 9.88. The lowest BCUT2D eigenvalue weighted by molar-refractivity contribution is 1.06. The Bertz CT molecular complexity index is 1710. The fourth-order valence-corrected chi connectivity index (χ4v) is 5.92. The first kappa shape index (κ1) is 20.7. The SMILES string of the molecule is Cc1cc(C)c(-c2cccc3c4ncn(-c5c(C)cccc5C)c4c4ccccc4c23)c(C)c1. The minimum absolute atomic E-state index is 1.06. The average Bonchev–Trinajstić information content (AvgIpc) is 3.24. The van der Waals surface area contributed by atoms with Crippen molar-refractivity contribution in [2.24, 2.45) is 0 Å². The summed E-state index contributed by atoms with van der Waals surface area (Å²) >= 11 is 0. The van der Waals surface area contributed by atoms with Crippen LogP contribution in [0.1, 0.15) is 27.8 Å². The highest BCUT2D eigenvalue weighted by atomic mass is 15.1. The Labute approximate surface area is 200 Å². The molecule has 0 aliphatic heterocycles. The molecule has 0 bridgehead atoms. The van der Waals surface area contributed by atoms with Gasteiger partial charge in [0.25, 0.3) is 0 Å². The third-order valence-electron chi connectivity index (χ3n) is 7.17. The number of fused-ring (bicyclic) bond motifs is 6. The molecule has 1 aromatic heterocycles. The van der Waals surface area contributed by atoms with Crippen LogP contribution < -0.4 is 0 Å². The molecule has 0 atom stereocenters. The van der Waals surface area contributed by atoms with Gasteiger partial charge in [0, 0.05) is 10.8 Å². The van der Waals surface area contributed by atoms with Crippen molar-refractivity contribution in [3.63, 3.8) is 0 Å². The predicted octanol–water partition coefficient (Wildman–Crippen LogP) is 8.54. The van der Waals surface area contributed by atoms with Crippen LogP contribution in [0.4, 0.5) is 0 Å². The normalized spacial score (nSPS) is 11.7. The number of rotatable bonds is 2. The number of hydrogen-bond donors (Lipinski definition) is 0. The Kier molecular flexibility index (Phi) is 4.60. The van der Waals surface area contributed by atoms with Crippen molar-refractivity contribution in [3.05, 3.63) is 107 Å². The van der Waals surface area contributed by atoms with Crippen molar-refractivity contribution in [1.29, 1.82) is 0 Å². The van der Waals surface area contributed by atoms with Gasteiger partial charge in [-0.05, 0) is 78.8 Å². The van der Waals surface area contributed by atoms with Crippen molar-refractivity contribution in [3.8, 4) is 16.8 Å². The molecule has 0 radical (unpaired) electrons. The van der Waals surface area contributed by atoms with E-state index >= 15 is 0 Å². The number of aryl methyl sites for hydroxylation is 5. The fourth-order valence-electron chi connectivity index (χ4n) is 5.92. The molecular formula is C32H28N2. The highest BCUT2D eigenvalue weighted by Crippen LogP contribution is 2.42. The van der Waals surface area contributed by atoms with Crippen molar-refractivity contribution < 1.29 is 0 Å². The highest BCUT2D eigenvalue weighted by Gasteiger charge is 2.19. The quantitative estimate of drug-likeness (QED) is 0.247. The van der Waals surface area contributed by atoms with Crippen LogP contribution in [0.15, 0.2) is 79.1 Å². The number of aromatic nitrogens is 2. The van der Waals surface area contributed by atoms with Gasteiger partial charge >= 0.3 is 0 Å². The van der Waals surface area contributed by atoms with Crippen LogP contribution in [0.2, 0.25) is 0 Å². The van der Waals surface area contributed by atoms with Gasteiger partial charge in [0.1, 0.15) is 6.33 Å². The Hall–Kier alpha value is -3.91. The Morgan fingerprint density at radius 3 is 1.94 bits per heavy atom. The molecule has 0 aliphatic carbocycles. The molecular weight excluding hydrogens is 412 g/mol. The average molecular weight is 441 g/mol. The molecule has 5 aromatic carbocycles. The van der Waals surface area contributed by atoms with Gasteiger partial charge in [-0.3, -0.25) is 4.57 Å². The van der Waals surface area contributed by atoms with Crippen LogP contribution in [0.25, 0.3) is 49.4 Å². The van der Waals surface area contributed by atoms with Crippen LogP contribution in [-0.4, -0.2) is 9.55 Å². The second-order valence-electron chi connectivity index (χ2n) is 9.60. The van der Waals surface area contributed by atoms with Crippen LogP contribution >= 0.6 is 0 Å². The zero-order valence-corrected chi connectivity index (χ0v) is 20.4. The second-order valence-corrected chi connectivity index (χ2v) is 9.60. The van der Waals surface area contributed by atoms with Gasteiger partial charge in [-0.1, -0.05) is 78.4 Å². The largest absolute Gasteiger partial charge is 0.298 e. The molecule has 166 valence electrons. The second kappa shape index (κ2) is 7.56. The van der Waals surface area contributed by atoms with Crippen molar-refractivity contribution >= 4 is 32.6 Å². The highest BCUT2D eigenvalue weighted by molar-refractivity contribution is 6.27. The van der Waals surface area contributed by atoms with E-state index in [1.165, 1.54) is 71.7 Å². The van der Waals surface area contributed by atoms with Gasteiger partial charge in [0.2, 0.25) is 0 Å². The maximum atomic E-state index is 5.01. The molecule has 6 rings (SSSR count). The third kappa shape index (κ3) is 2.92. The molecule has 0 aliphatic rings. The summed E-state index contributed by atoms with van der Waals surface area (Å²) in [5.41, 5.74) is 12.5. The summed E-state index contributed by atoms with van der Waals surface area (Å²) < 4.78 is 2.29. The van der Waals surface area contributed by atoms with Crippen molar-refractivity contribution in [1.82, 2.24) is 9.55 Å². The molecule has 2 heteroatoms. The van der Waals surface area contributed by atoms with E-state index in [-0.39, 0.29) is 0 Å². The summed E-state index contributed by atoms with van der Waals surface area (Å²) in [4.78, 5) is 5.01. The van der Waals surface area contributed by atoms with Gasteiger partial charge in [0.05, 0.1) is 16.7 Å². The minimum Gasteiger partial charge on any atom is -0.298 e. The monoisotopic (exact) mass is 440 g/mol. The van der Waals surface area contributed by atoms with Crippen LogP contribution in [0.5, 0.6) is 0 Å². The molecule has 34 heavy (non-hydrogen) atoms. The molecule has 0 fully saturated rings. The van der Waals surface area contributed by atoms with Crippen LogP contribution in [-0.2, 0) is 0 Å². The van der Waals surface area contributed by atoms with Crippen molar-refractivity contribution in [2.45, 2.75) is 34.6 Å². The zero-order chi connectivity index (χ0) is 23.6. The molecule has 0 N–H and O–H groups in total. The van der Waals surface area contributed by atoms with Gasteiger partial charge < -0.3 is 0 Å². The van der Waals surface area contributed by atoms with E-state index in [4.69, 9.17) is 4.98 Å². The smallest absolute Gasteiger partial charge is 0.100 e. The molecule has 1 heterocycles. The Morgan fingerprint density at radius 1 is 0.618 bits per heavy atom. The molecule has 6 aromatic rings. The summed E-state index contributed by atoms with van der Waals surface area (Å²) in [6.45, 7) is 11.0. The molecule has 0 spiro atoms. The first-order valence-corrected chi connectivity index (χ1v) is 11.9. The van der Waals surface area contributed by atoms with E-state index in [2.05, 4.69) is 112 Å². The van der Waals surface area contributed by atoms with E-state index in [0.29, 0.717) is 0 Å². The lowest BCUT2D eigenvalue weighted by Gasteiger charge is -2.17. The first-order valence-electron chi connectivity index (χ1n) is 11.9. The molecule has 0 saturated carbocycles. The van der Waals surface area contributed by atoms with Crippen molar-refractivity contribution in [2.75, 3.05) is 0 Å². The van der Waals surface area contributed by atoms with E-state index < -0.39 is 0 Å². The zero-order valence-electron chi connectivity index (χ0n) is 20.4. The van der Waals surface area contributed by atoms with Crippen LogP contribution in [0.3, 0.4) is 0 Å². The molecule has 0 unspecified atom stereocenters. The molecule has 2 nitrogen and oxygen atoms in total. The van der Waals surface area contributed by atoms with E-state index in [1.54, 1.807) is 0 Å². The van der Waals surface area contributed by atoms with E-state index in [1.807, 2.05) is 6.33 Å². The standard InChI is InChI=1S/C32H28N2/c1-19-16-22(4)28(23(5)17-19)26-14-9-15-27-29(26)24-12-6-7-13-25(24)32-30(27)33-18-34(32)31-20(2)10-8-11-21(31)3/h6-18H,1-5H3.